The number of methoxy groups -OCH3 is 2. The number of hydrogen-bond donors (Lipinski definition) is 1. The summed E-state index contributed by atoms with van der Waals surface area (Å²) in [7, 11) is 3.09. The zero-order chi connectivity index (χ0) is 11.7. The Morgan fingerprint density at radius 1 is 1.31 bits per heavy atom. The van der Waals surface area contributed by atoms with Crippen molar-refractivity contribution < 1.29 is 9.47 Å². The van der Waals surface area contributed by atoms with Crippen molar-refractivity contribution in [1.29, 1.82) is 0 Å². The highest BCUT2D eigenvalue weighted by Crippen LogP contribution is 2.37. The zero-order valence-corrected chi connectivity index (χ0v) is 10.4. The van der Waals surface area contributed by atoms with Gasteiger partial charge in [0.05, 0.1) is 25.1 Å². The van der Waals surface area contributed by atoms with E-state index in [1.807, 2.05) is 0 Å². The quantitative estimate of drug-likeness (QED) is 0.920. The van der Waals surface area contributed by atoms with Gasteiger partial charge in [0.2, 0.25) is 0 Å². The first kappa shape index (κ1) is 11.0. The van der Waals surface area contributed by atoms with Crippen LogP contribution < -0.4 is 14.9 Å². The molecule has 0 fully saturated rings. The highest BCUT2D eigenvalue weighted by molar-refractivity contribution is 9.10. The van der Waals surface area contributed by atoms with E-state index in [1.165, 1.54) is 13.2 Å². The zero-order valence-electron chi connectivity index (χ0n) is 8.83. The first-order valence-electron chi connectivity index (χ1n) is 4.61. The number of hydrogen-bond acceptors (Lipinski definition) is 3. The fraction of sp³-hybridized carbons (Fsp3) is 0.182. The maximum atomic E-state index is 11.7. The highest BCUT2D eigenvalue weighted by atomic mass is 79.9. The number of ether oxygens (including phenoxy) is 2. The Balaban J connectivity index is 2.97. The monoisotopic (exact) mass is 283 g/mol. The summed E-state index contributed by atoms with van der Waals surface area (Å²) in [5.74, 6) is 1.10. The first-order valence-corrected chi connectivity index (χ1v) is 5.40. The van der Waals surface area contributed by atoms with Gasteiger partial charge >= 0.3 is 0 Å². The Morgan fingerprint density at radius 2 is 2.06 bits per heavy atom. The number of rotatable bonds is 2. The predicted octanol–water partition coefficient (Wildman–Crippen LogP) is 2.31. The molecule has 1 N–H and O–H groups in total. The van der Waals surface area contributed by atoms with Crippen LogP contribution >= 0.6 is 15.9 Å². The molecule has 0 saturated heterocycles. The molecular formula is C11H10BrNO3. The molecule has 2 aromatic rings. The Labute approximate surface area is 100 Å². The van der Waals surface area contributed by atoms with Crippen LogP contribution in [0.1, 0.15) is 0 Å². The van der Waals surface area contributed by atoms with Crippen LogP contribution in [0.4, 0.5) is 0 Å². The number of halogens is 1. The van der Waals surface area contributed by atoms with E-state index in [-0.39, 0.29) is 5.43 Å². The van der Waals surface area contributed by atoms with E-state index in [9.17, 15) is 4.79 Å². The van der Waals surface area contributed by atoms with Crippen molar-refractivity contribution in [3.8, 4) is 11.5 Å². The van der Waals surface area contributed by atoms with Gasteiger partial charge in [-0.3, -0.25) is 4.79 Å². The fourth-order valence-electron chi connectivity index (χ4n) is 1.63. The third-order valence-electron chi connectivity index (χ3n) is 2.33. The van der Waals surface area contributed by atoms with E-state index in [0.717, 1.165) is 0 Å². The molecule has 1 aromatic carbocycles. The predicted molar refractivity (Wildman–Crippen MR) is 65.4 cm³/mol. The van der Waals surface area contributed by atoms with E-state index in [1.54, 1.807) is 19.4 Å². The van der Waals surface area contributed by atoms with Crippen LogP contribution in [0.2, 0.25) is 0 Å². The maximum Gasteiger partial charge on any atom is 0.190 e. The lowest BCUT2D eigenvalue weighted by atomic mass is 10.2. The summed E-state index contributed by atoms with van der Waals surface area (Å²) in [5.41, 5.74) is 0.558. The van der Waals surface area contributed by atoms with Crippen LogP contribution in [0.5, 0.6) is 11.5 Å². The van der Waals surface area contributed by atoms with Crippen molar-refractivity contribution in [1.82, 2.24) is 4.98 Å². The van der Waals surface area contributed by atoms with Gasteiger partial charge in [0.15, 0.2) is 16.9 Å². The third kappa shape index (κ3) is 1.57. The van der Waals surface area contributed by atoms with Crippen molar-refractivity contribution in [3.63, 3.8) is 0 Å². The summed E-state index contributed by atoms with van der Waals surface area (Å²) in [6.45, 7) is 0. The van der Waals surface area contributed by atoms with Gasteiger partial charge in [-0.15, -0.1) is 0 Å². The van der Waals surface area contributed by atoms with E-state index < -0.39 is 0 Å². The lowest BCUT2D eigenvalue weighted by Crippen LogP contribution is -2.03. The van der Waals surface area contributed by atoms with E-state index in [4.69, 9.17) is 9.47 Å². The molecule has 0 saturated carbocycles. The Kier molecular flexibility index (Phi) is 2.87. The Hall–Kier alpha value is -1.49. The van der Waals surface area contributed by atoms with Crippen molar-refractivity contribution in [2.45, 2.75) is 0 Å². The van der Waals surface area contributed by atoms with Gasteiger partial charge in [-0.25, -0.2) is 0 Å². The molecule has 4 nitrogen and oxygen atoms in total. The Bertz CT molecular complexity index is 592. The SMILES string of the molecule is COc1cc(Br)c2c(=O)cc[nH]c2c1OC. The van der Waals surface area contributed by atoms with Crippen molar-refractivity contribution in [2.24, 2.45) is 0 Å². The molecule has 0 bridgehead atoms. The molecule has 16 heavy (non-hydrogen) atoms. The topological polar surface area (TPSA) is 51.3 Å². The van der Waals surface area contributed by atoms with Crippen molar-refractivity contribution in [3.05, 3.63) is 33.0 Å². The van der Waals surface area contributed by atoms with Crippen LogP contribution in [0.3, 0.4) is 0 Å². The number of pyridine rings is 1. The summed E-state index contributed by atoms with van der Waals surface area (Å²) in [4.78, 5) is 14.7. The number of nitrogens with one attached hydrogen (secondary N) is 1. The van der Waals surface area contributed by atoms with Gasteiger partial charge in [-0.05, 0) is 22.0 Å². The maximum absolute atomic E-state index is 11.7. The molecule has 0 atom stereocenters. The molecule has 2 rings (SSSR count). The molecule has 0 amide bonds. The molecule has 0 aliphatic carbocycles. The van der Waals surface area contributed by atoms with E-state index >= 15 is 0 Å². The molecule has 1 heterocycles. The van der Waals surface area contributed by atoms with Crippen molar-refractivity contribution >= 4 is 26.8 Å². The first-order chi connectivity index (χ1) is 7.69. The normalized spacial score (nSPS) is 10.4. The lowest BCUT2D eigenvalue weighted by molar-refractivity contribution is 0.358. The van der Waals surface area contributed by atoms with Crippen LogP contribution in [0.25, 0.3) is 10.9 Å². The van der Waals surface area contributed by atoms with Crippen LogP contribution in [-0.4, -0.2) is 19.2 Å². The third-order valence-corrected chi connectivity index (χ3v) is 2.96. The second-order valence-electron chi connectivity index (χ2n) is 3.19. The summed E-state index contributed by atoms with van der Waals surface area (Å²) in [6.07, 6.45) is 1.58. The second-order valence-corrected chi connectivity index (χ2v) is 4.04. The molecule has 5 heteroatoms. The molecule has 0 aliphatic heterocycles. The minimum absolute atomic E-state index is 0.0680. The number of aromatic nitrogens is 1. The molecule has 0 aliphatic rings. The van der Waals surface area contributed by atoms with E-state index in [2.05, 4.69) is 20.9 Å². The van der Waals surface area contributed by atoms with Crippen LogP contribution in [0, 0.1) is 0 Å². The summed E-state index contributed by atoms with van der Waals surface area (Å²) >= 11 is 3.35. The summed E-state index contributed by atoms with van der Waals surface area (Å²) < 4.78 is 11.1. The minimum atomic E-state index is -0.0680. The van der Waals surface area contributed by atoms with Gasteiger partial charge in [-0.2, -0.15) is 0 Å². The highest BCUT2D eigenvalue weighted by Gasteiger charge is 2.14. The summed E-state index contributed by atoms with van der Waals surface area (Å²) in [5, 5.41) is 0.556. The number of aromatic amines is 1. The van der Waals surface area contributed by atoms with Crippen LogP contribution in [0.15, 0.2) is 27.6 Å². The average Bonchev–Trinajstić information content (AvgIpc) is 2.28. The van der Waals surface area contributed by atoms with Gasteiger partial charge in [0, 0.05) is 16.7 Å². The molecular weight excluding hydrogens is 274 g/mol. The number of benzene rings is 1. The summed E-state index contributed by atoms with van der Waals surface area (Å²) in [6, 6.07) is 3.19. The molecule has 0 unspecified atom stereocenters. The largest absolute Gasteiger partial charge is 0.493 e. The lowest BCUT2D eigenvalue weighted by Gasteiger charge is -2.11. The molecule has 0 spiro atoms. The molecule has 1 aromatic heterocycles. The second kappa shape index (κ2) is 4.17. The number of H-pyrrole nitrogens is 1. The molecule has 84 valence electrons. The van der Waals surface area contributed by atoms with Gasteiger partial charge in [-0.1, -0.05) is 0 Å². The standard InChI is InChI=1S/C11H10BrNO3/c1-15-8-5-6(12)9-7(14)3-4-13-10(9)11(8)16-2/h3-5H,1-2H3,(H,13,14). The minimum Gasteiger partial charge on any atom is -0.493 e. The molecule has 0 radical (unpaired) electrons. The number of fused-ring (bicyclic) bond motifs is 1. The van der Waals surface area contributed by atoms with Gasteiger partial charge in [0.1, 0.15) is 0 Å². The van der Waals surface area contributed by atoms with E-state index in [0.29, 0.717) is 26.9 Å². The average molecular weight is 284 g/mol. The van der Waals surface area contributed by atoms with Crippen molar-refractivity contribution in [2.75, 3.05) is 14.2 Å². The van der Waals surface area contributed by atoms with Gasteiger partial charge < -0.3 is 14.5 Å². The fourth-order valence-corrected chi connectivity index (χ4v) is 2.23. The smallest absolute Gasteiger partial charge is 0.190 e. The van der Waals surface area contributed by atoms with Crippen LogP contribution in [-0.2, 0) is 0 Å². The van der Waals surface area contributed by atoms with Gasteiger partial charge in [0.25, 0.3) is 0 Å². The Morgan fingerprint density at radius 3 is 2.69 bits per heavy atom.